The highest BCUT2D eigenvalue weighted by atomic mass is 16.5. The normalized spacial score (nSPS) is 12.0. The zero-order valence-corrected chi connectivity index (χ0v) is 35.9. The van der Waals surface area contributed by atoms with Crippen molar-refractivity contribution < 1.29 is 67.8 Å². The highest BCUT2D eigenvalue weighted by Crippen LogP contribution is 2.13. The zero-order chi connectivity index (χ0) is 44.5. The predicted octanol–water partition coefficient (Wildman–Crippen LogP) is 2.53. The van der Waals surface area contributed by atoms with Crippen LogP contribution < -0.4 is 26.6 Å². The van der Waals surface area contributed by atoms with Gasteiger partial charge in [-0.1, -0.05) is 71.1 Å². The van der Waals surface area contributed by atoms with Gasteiger partial charge in [-0.05, 0) is 45.1 Å². The van der Waals surface area contributed by atoms with Crippen LogP contribution in [0.5, 0.6) is 0 Å². The third-order valence-electron chi connectivity index (χ3n) is 9.18. The number of unbranched alkanes of at least 4 members (excludes halogenated alkanes) is 12. The molecule has 60 heavy (non-hydrogen) atoms. The van der Waals surface area contributed by atoms with E-state index in [1.54, 1.807) is 0 Å². The van der Waals surface area contributed by atoms with E-state index in [2.05, 4.69) is 26.6 Å². The minimum atomic E-state index is -1.19. The van der Waals surface area contributed by atoms with E-state index in [1.165, 1.54) is 19.3 Å². The monoisotopic (exact) mass is 862 g/mol. The average molecular weight is 862 g/mol. The van der Waals surface area contributed by atoms with E-state index in [-0.39, 0.29) is 115 Å². The van der Waals surface area contributed by atoms with Gasteiger partial charge in [0.2, 0.25) is 23.6 Å². The van der Waals surface area contributed by atoms with Gasteiger partial charge in [-0.2, -0.15) is 0 Å². The maximum atomic E-state index is 12.3. The number of hydrogen-bond acceptors (Lipinski definition) is 12. The van der Waals surface area contributed by atoms with Gasteiger partial charge in [0.1, 0.15) is 25.3 Å². The highest BCUT2D eigenvalue weighted by molar-refractivity contribution is 5.84. The zero-order valence-electron chi connectivity index (χ0n) is 35.9. The molecule has 8 N–H and O–H groups in total. The van der Waals surface area contributed by atoms with Gasteiger partial charge in [0.25, 0.3) is 0 Å². The molecule has 0 heterocycles. The third kappa shape index (κ3) is 38.3. The van der Waals surface area contributed by atoms with Crippen LogP contribution in [0.3, 0.4) is 0 Å². The standard InChI is InChI=1S/C41H75N5O14/c1-2-42-33(40(53)54)17-15-16-22-43-37(49)31-59-29-28-58-26-24-45-38(50)32-60-30-27-57-25-23-44-35(47)21-20-34(41(55)56)46-36(48)18-13-11-9-7-5-3-4-6-8-10-12-14-19-39(51)52/h33-34,42H,2-32H2,1H3,(H,43,49)(H,44,47)(H,45,50)(H,46,48)(H,51,52)(H,53,54)(H,55,56)/t33-,34-/m0/s1. The fourth-order valence-corrected chi connectivity index (χ4v) is 5.87. The number of likely N-dealkylation sites (N-methyl/N-ethyl adjacent to an activating group) is 1. The maximum Gasteiger partial charge on any atom is 0.326 e. The van der Waals surface area contributed by atoms with Crippen molar-refractivity contribution in [1.29, 1.82) is 0 Å². The fraction of sp³-hybridized carbons (Fsp3) is 0.829. The van der Waals surface area contributed by atoms with Gasteiger partial charge in [0, 0.05) is 38.9 Å². The summed E-state index contributed by atoms with van der Waals surface area (Å²) in [6.07, 6.45) is 14.5. The van der Waals surface area contributed by atoms with E-state index < -0.39 is 30.0 Å². The lowest BCUT2D eigenvalue weighted by Gasteiger charge is -2.14. The second-order valence-corrected chi connectivity index (χ2v) is 14.5. The Bertz CT molecular complexity index is 1180. The first-order valence-corrected chi connectivity index (χ1v) is 21.8. The van der Waals surface area contributed by atoms with Gasteiger partial charge >= 0.3 is 17.9 Å². The van der Waals surface area contributed by atoms with Crippen LogP contribution in [-0.4, -0.2) is 148 Å². The summed E-state index contributed by atoms with van der Waals surface area (Å²) < 4.78 is 21.3. The van der Waals surface area contributed by atoms with Crippen molar-refractivity contribution in [2.75, 3.05) is 79.0 Å². The van der Waals surface area contributed by atoms with E-state index in [9.17, 15) is 38.7 Å². The molecule has 19 nitrogen and oxygen atoms in total. The Labute approximate surface area is 355 Å². The van der Waals surface area contributed by atoms with E-state index in [0.717, 1.165) is 51.4 Å². The third-order valence-corrected chi connectivity index (χ3v) is 9.18. The Balaban J connectivity index is 3.67. The van der Waals surface area contributed by atoms with Gasteiger partial charge in [0.05, 0.1) is 39.6 Å². The van der Waals surface area contributed by atoms with Gasteiger partial charge in [0.15, 0.2) is 0 Å². The topological polar surface area (TPSA) is 277 Å². The molecule has 0 aromatic heterocycles. The summed E-state index contributed by atoms with van der Waals surface area (Å²) in [5, 5.41) is 40.7. The summed E-state index contributed by atoms with van der Waals surface area (Å²) in [6, 6.07) is -1.73. The second kappa shape index (κ2) is 40.5. The molecule has 0 aromatic carbocycles. The summed E-state index contributed by atoms with van der Waals surface area (Å²) in [4.78, 5) is 81.4. The molecular formula is C41H75N5O14. The smallest absolute Gasteiger partial charge is 0.326 e. The van der Waals surface area contributed by atoms with Crippen LogP contribution in [0.15, 0.2) is 0 Å². The Morgan fingerprint density at radius 3 is 1.37 bits per heavy atom. The van der Waals surface area contributed by atoms with Gasteiger partial charge in [-0.25, -0.2) is 4.79 Å². The molecule has 0 saturated heterocycles. The fourth-order valence-electron chi connectivity index (χ4n) is 5.87. The summed E-state index contributed by atoms with van der Waals surface area (Å²) in [5.41, 5.74) is 0. The van der Waals surface area contributed by atoms with E-state index in [4.69, 9.17) is 29.2 Å². The predicted molar refractivity (Wildman–Crippen MR) is 222 cm³/mol. The summed E-state index contributed by atoms with van der Waals surface area (Å²) >= 11 is 0. The van der Waals surface area contributed by atoms with E-state index in [1.807, 2.05) is 6.92 Å². The van der Waals surface area contributed by atoms with Crippen molar-refractivity contribution in [3.8, 4) is 0 Å². The largest absolute Gasteiger partial charge is 0.481 e. The molecule has 4 amide bonds. The summed E-state index contributed by atoms with van der Waals surface area (Å²) in [7, 11) is 0. The average Bonchev–Trinajstić information content (AvgIpc) is 3.20. The number of carbonyl (C=O) groups is 7. The first-order valence-electron chi connectivity index (χ1n) is 21.8. The minimum Gasteiger partial charge on any atom is -0.481 e. The number of nitrogens with one attached hydrogen (secondary N) is 5. The van der Waals surface area contributed by atoms with Crippen LogP contribution in [-0.2, 0) is 52.5 Å². The SMILES string of the molecule is CCN[C@@H](CCCCNC(=O)COCCOCCNC(=O)COCCOCCNC(=O)CC[C@H](NC(=O)CCCCCCCCCCCCCCC(=O)O)C(=O)O)C(=O)O. The molecule has 0 aliphatic rings. The van der Waals surface area contributed by atoms with Crippen molar-refractivity contribution in [2.45, 2.75) is 141 Å². The molecule has 0 spiro atoms. The number of carbonyl (C=O) groups excluding carboxylic acids is 4. The van der Waals surface area contributed by atoms with Crippen molar-refractivity contribution in [3.63, 3.8) is 0 Å². The van der Waals surface area contributed by atoms with Crippen LogP contribution in [0.2, 0.25) is 0 Å². The van der Waals surface area contributed by atoms with Crippen LogP contribution in [0, 0.1) is 0 Å². The number of ether oxygens (including phenoxy) is 4. The molecule has 0 saturated carbocycles. The summed E-state index contributed by atoms with van der Waals surface area (Å²) in [6.45, 7) is 4.28. The van der Waals surface area contributed by atoms with Gasteiger partial charge in [-0.3, -0.25) is 28.8 Å². The quantitative estimate of drug-likeness (QED) is 0.0409. The first kappa shape index (κ1) is 56.1. The highest BCUT2D eigenvalue weighted by Gasteiger charge is 2.21. The Kier molecular flexibility index (Phi) is 37.9. The molecule has 19 heteroatoms. The number of aliphatic carboxylic acids is 3. The lowest BCUT2D eigenvalue weighted by Crippen LogP contribution is -2.41. The molecule has 0 bridgehead atoms. The van der Waals surface area contributed by atoms with Gasteiger partial charge in [-0.15, -0.1) is 0 Å². The second-order valence-electron chi connectivity index (χ2n) is 14.5. The molecule has 0 radical (unpaired) electrons. The molecule has 0 rings (SSSR count). The van der Waals surface area contributed by atoms with Crippen LogP contribution >= 0.6 is 0 Å². The molecule has 2 atom stereocenters. The first-order chi connectivity index (χ1) is 29.0. The van der Waals surface area contributed by atoms with E-state index in [0.29, 0.717) is 38.8 Å². The van der Waals surface area contributed by atoms with Crippen LogP contribution in [0.1, 0.15) is 129 Å². The molecule has 0 aliphatic carbocycles. The molecule has 348 valence electrons. The van der Waals surface area contributed by atoms with Crippen molar-refractivity contribution >= 4 is 41.5 Å². The summed E-state index contributed by atoms with van der Waals surface area (Å²) in [5.74, 6) is -4.10. The molecule has 0 aliphatic heterocycles. The lowest BCUT2D eigenvalue weighted by atomic mass is 10.0. The van der Waals surface area contributed by atoms with Gasteiger partial charge < -0.3 is 60.9 Å². The minimum absolute atomic E-state index is 0.0349. The molecule has 0 unspecified atom stereocenters. The Hall–Kier alpha value is -3.91. The number of amides is 4. The number of hydrogen-bond donors (Lipinski definition) is 8. The lowest BCUT2D eigenvalue weighted by molar-refractivity contribution is -0.142. The number of carboxylic acids is 3. The van der Waals surface area contributed by atoms with Crippen LogP contribution in [0.25, 0.3) is 0 Å². The molecule has 0 fully saturated rings. The maximum absolute atomic E-state index is 12.3. The Morgan fingerprint density at radius 2 is 0.883 bits per heavy atom. The van der Waals surface area contributed by atoms with Crippen LogP contribution in [0.4, 0.5) is 0 Å². The molecular weight excluding hydrogens is 786 g/mol. The van der Waals surface area contributed by atoms with Crippen molar-refractivity contribution in [2.24, 2.45) is 0 Å². The number of rotatable bonds is 44. The number of carboxylic acid groups (broad SMARTS) is 3. The molecule has 0 aromatic rings. The van der Waals surface area contributed by atoms with Crippen molar-refractivity contribution in [1.82, 2.24) is 26.6 Å². The van der Waals surface area contributed by atoms with E-state index >= 15 is 0 Å². The van der Waals surface area contributed by atoms with Crippen molar-refractivity contribution in [3.05, 3.63) is 0 Å². The Morgan fingerprint density at radius 1 is 0.433 bits per heavy atom.